The number of carbonyl (C=O) groups excluding carboxylic acids is 1. The number of hydrogen-bond acceptors (Lipinski definition) is 4. The van der Waals surface area contributed by atoms with Crippen LogP contribution < -0.4 is 9.46 Å². The molecule has 3 aromatic carbocycles. The zero-order valence-corrected chi connectivity index (χ0v) is 20.5. The van der Waals surface area contributed by atoms with Gasteiger partial charge in [0.2, 0.25) is 0 Å². The maximum Gasteiger partial charge on any atom is 0.573 e. The molecule has 3 rings (SSSR count). The molecule has 10 heteroatoms. The van der Waals surface area contributed by atoms with Gasteiger partial charge >= 0.3 is 6.36 Å². The van der Waals surface area contributed by atoms with Crippen LogP contribution in [0.3, 0.4) is 0 Å². The summed E-state index contributed by atoms with van der Waals surface area (Å²) >= 11 is 0. The van der Waals surface area contributed by atoms with Crippen LogP contribution in [0.5, 0.6) is 5.75 Å². The van der Waals surface area contributed by atoms with E-state index in [1.807, 2.05) is 25.1 Å². The zero-order valence-electron chi connectivity index (χ0n) is 19.7. The van der Waals surface area contributed by atoms with Crippen molar-refractivity contribution in [2.75, 3.05) is 17.8 Å². The number of sulfonamides is 1. The first kappa shape index (κ1) is 27.1. The van der Waals surface area contributed by atoms with E-state index in [9.17, 15) is 26.4 Å². The molecule has 0 aliphatic rings. The highest BCUT2D eigenvalue weighted by Gasteiger charge is 2.31. The van der Waals surface area contributed by atoms with Gasteiger partial charge in [-0.3, -0.25) is 9.52 Å². The molecule has 192 valence electrons. The molecule has 0 radical (unpaired) electrons. The fourth-order valence-electron chi connectivity index (χ4n) is 3.58. The minimum atomic E-state index is -4.87. The Labute approximate surface area is 208 Å². The van der Waals surface area contributed by atoms with E-state index in [0.29, 0.717) is 18.7 Å². The van der Waals surface area contributed by atoms with Crippen molar-refractivity contribution in [3.8, 4) is 5.75 Å². The third-order valence-electron chi connectivity index (χ3n) is 5.41. The molecule has 0 aliphatic heterocycles. The van der Waals surface area contributed by atoms with Gasteiger partial charge in [0.1, 0.15) is 5.75 Å². The second-order valence-corrected chi connectivity index (χ2v) is 9.71. The molecule has 0 saturated heterocycles. The Balaban J connectivity index is 1.56. The van der Waals surface area contributed by atoms with Gasteiger partial charge in [-0.15, -0.1) is 13.2 Å². The molecule has 0 atom stereocenters. The number of anilines is 1. The number of amides is 1. The van der Waals surface area contributed by atoms with E-state index < -0.39 is 22.1 Å². The number of hydrogen-bond donors (Lipinski definition) is 1. The fraction of sp³-hybridized carbons (Fsp3) is 0.269. The van der Waals surface area contributed by atoms with Crippen molar-refractivity contribution in [3.05, 3.63) is 90.0 Å². The summed E-state index contributed by atoms with van der Waals surface area (Å²) in [5.41, 5.74) is 1.90. The lowest BCUT2D eigenvalue weighted by molar-refractivity contribution is -0.274. The molecule has 0 bridgehead atoms. The van der Waals surface area contributed by atoms with E-state index in [0.717, 1.165) is 43.5 Å². The maximum atomic E-state index is 12.9. The molecule has 0 saturated carbocycles. The van der Waals surface area contributed by atoms with E-state index in [-0.39, 0.29) is 16.5 Å². The number of nitrogens with zero attached hydrogens (tertiary/aromatic N) is 1. The van der Waals surface area contributed by atoms with Crippen molar-refractivity contribution in [1.29, 1.82) is 0 Å². The van der Waals surface area contributed by atoms with Gasteiger partial charge in [-0.25, -0.2) is 8.42 Å². The van der Waals surface area contributed by atoms with Gasteiger partial charge in [-0.05, 0) is 80.3 Å². The summed E-state index contributed by atoms with van der Waals surface area (Å²) in [6.45, 7) is 3.07. The average Bonchev–Trinajstić information content (AvgIpc) is 2.84. The van der Waals surface area contributed by atoms with Crippen LogP contribution in [0, 0.1) is 0 Å². The summed E-state index contributed by atoms with van der Waals surface area (Å²) in [6, 6.07) is 20.0. The van der Waals surface area contributed by atoms with E-state index in [4.69, 9.17) is 0 Å². The number of aryl methyl sites for hydroxylation is 1. The zero-order chi connectivity index (χ0) is 26.2. The van der Waals surface area contributed by atoms with Gasteiger partial charge in [0.15, 0.2) is 0 Å². The summed E-state index contributed by atoms with van der Waals surface area (Å²) in [5, 5.41) is 0. The number of halogens is 3. The van der Waals surface area contributed by atoms with Gasteiger partial charge in [0, 0.05) is 24.3 Å². The second kappa shape index (κ2) is 11.9. The first-order chi connectivity index (χ1) is 17.1. The number of benzene rings is 3. The van der Waals surface area contributed by atoms with Crippen LogP contribution in [0.25, 0.3) is 0 Å². The van der Waals surface area contributed by atoms with Crippen molar-refractivity contribution in [1.82, 2.24) is 4.90 Å². The van der Waals surface area contributed by atoms with Crippen LogP contribution in [0.1, 0.15) is 35.7 Å². The number of ether oxygens (including phenoxy) is 1. The first-order valence-corrected chi connectivity index (χ1v) is 12.9. The number of rotatable bonds is 11. The molecule has 0 unspecified atom stereocenters. The highest BCUT2D eigenvalue weighted by molar-refractivity contribution is 7.92. The lowest BCUT2D eigenvalue weighted by Crippen LogP contribution is -2.31. The monoisotopic (exact) mass is 520 g/mol. The Morgan fingerprint density at radius 1 is 0.917 bits per heavy atom. The van der Waals surface area contributed by atoms with Crippen LogP contribution in [0.2, 0.25) is 0 Å². The number of alkyl halides is 3. The van der Waals surface area contributed by atoms with Crippen molar-refractivity contribution in [3.63, 3.8) is 0 Å². The lowest BCUT2D eigenvalue weighted by atomic mass is 10.1. The highest BCUT2D eigenvalue weighted by Crippen LogP contribution is 2.25. The minimum Gasteiger partial charge on any atom is -0.406 e. The van der Waals surface area contributed by atoms with Crippen molar-refractivity contribution < 1.29 is 31.1 Å². The normalized spacial score (nSPS) is 11.7. The standard InChI is InChI=1S/C26H27F3N2O4S/c1-2-31(19-7-6-10-20-8-4-3-5-9-20)25(32)21-11-13-22(14-12-21)30-36(33,34)24-17-15-23(16-18-24)35-26(27,28)29/h3-5,8-9,11-18,30H,2,6-7,10,19H2,1H3. The van der Waals surface area contributed by atoms with Crippen molar-refractivity contribution >= 4 is 21.6 Å². The lowest BCUT2D eigenvalue weighted by Gasteiger charge is -2.21. The van der Waals surface area contributed by atoms with Crippen LogP contribution >= 0.6 is 0 Å². The quantitative estimate of drug-likeness (QED) is 0.321. The van der Waals surface area contributed by atoms with Crippen LogP contribution in [-0.2, 0) is 16.4 Å². The Morgan fingerprint density at radius 3 is 2.14 bits per heavy atom. The van der Waals surface area contributed by atoms with Gasteiger partial charge in [0.25, 0.3) is 15.9 Å². The first-order valence-electron chi connectivity index (χ1n) is 11.4. The predicted molar refractivity (Wildman–Crippen MR) is 131 cm³/mol. The smallest absolute Gasteiger partial charge is 0.406 e. The van der Waals surface area contributed by atoms with E-state index in [2.05, 4.69) is 21.6 Å². The van der Waals surface area contributed by atoms with Crippen molar-refractivity contribution in [2.24, 2.45) is 0 Å². The van der Waals surface area contributed by atoms with Crippen LogP contribution in [0.4, 0.5) is 18.9 Å². The molecule has 1 N–H and O–H groups in total. The summed E-state index contributed by atoms with van der Waals surface area (Å²) in [6.07, 6.45) is -2.11. The van der Waals surface area contributed by atoms with E-state index >= 15 is 0 Å². The molecular weight excluding hydrogens is 493 g/mol. The molecule has 0 heterocycles. The molecule has 0 aromatic heterocycles. The SMILES string of the molecule is CCN(CCCCc1ccccc1)C(=O)c1ccc(NS(=O)(=O)c2ccc(OC(F)(F)F)cc2)cc1. The summed E-state index contributed by atoms with van der Waals surface area (Å²) < 4.78 is 68.1. The minimum absolute atomic E-state index is 0.146. The third kappa shape index (κ3) is 8.01. The predicted octanol–water partition coefficient (Wildman–Crippen LogP) is 5.87. The molecular formula is C26H27F3N2O4S. The van der Waals surface area contributed by atoms with Gasteiger partial charge < -0.3 is 9.64 Å². The van der Waals surface area contributed by atoms with Crippen molar-refractivity contribution in [2.45, 2.75) is 37.4 Å². The molecule has 36 heavy (non-hydrogen) atoms. The largest absolute Gasteiger partial charge is 0.573 e. The molecule has 0 aliphatic carbocycles. The van der Waals surface area contributed by atoms with Gasteiger partial charge in [0.05, 0.1) is 4.90 Å². The summed E-state index contributed by atoms with van der Waals surface area (Å²) in [5.74, 6) is -0.670. The Bertz CT molecular complexity index is 1230. The Kier molecular flexibility index (Phi) is 8.98. The van der Waals surface area contributed by atoms with Gasteiger partial charge in [-0.1, -0.05) is 30.3 Å². The van der Waals surface area contributed by atoms with Crippen LogP contribution in [0.15, 0.2) is 83.8 Å². The number of nitrogens with one attached hydrogen (secondary N) is 1. The number of unbranched alkanes of at least 4 members (excludes halogenated alkanes) is 1. The topological polar surface area (TPSA) is 75.7 Å². The summed E-state index contributed by atoms with van der Waals surface area (Å²) in [7, 11) is -4.05. The Morgan fingerprint density at radius 2 is 1.56 bits per heavy atom. The maximum absolute atomic E-state index is 12.9. The average molecular weight is 521 g/mol. The van der Waals surface area contributed by atoms with Gasteiger partial charge in [-0.2, -0.15) is 0 Å². The third-order valence-corrected chi connectivity index (χ3v) is 6.80. The number of carbonyl (C=O) groups is 1. The van der Waals surface area contributed by atoms with E-state index in [1.165, 1.54) is 29.8 Å². The second-order valence-electron chi connectivity index (χ2n) is 8.03. The fourth-order valence-corrected chi connectivity index (χ4v) is 4.64. The van der Waals surface area contributed by atoms with Crippen LogP contribution in [-0.4, -0.2) is 38.7 Å². The molecule has 1 amide bonds. The highest BCUT2D eigenvalue weighted by atomic mass is 32.2. The summed E-state index contributed by atoms with van der Waals surface area (Å²) in [4.78, 5) is 14.4. The molecule has 0 fully saturated rings. The molecule has 3 aromatic rings. The Hall–Kier alpha value is -3.53. The molecule has 0 spiro atoms. The van der Waals surface area contributed by atoms with E-state index in [1.54, 1.807) is 4.90 Å². The molecule has 6 nitrogen and oxygen atoms in total.